The predicted octanol–water partition coefficient (Wildman–Crippen LogP) is 4.32. The van der Waals surface area contributed by atoms with Crippen molar-refractivity contribution in [2.45, 2.75) is 44.3 Å². The minimum atomic E-state index is 0.745. The van der Waals surface area contributed by atoms with Gasteiger partial charge < -0.3 is 4.90 Å². The highest BCUT2D eigenvalue weighted by Gasteiger charge is 2.24. The molecule has 1 unspecified atom stereocenters. The smallest absolute Gasteiger partial charge is 0.0263 e. The molecule has 0 saturated heterocycles. The monoisotopic (exact) mass is 277 g/mol. The van der Waals surface area contributed by atoms with Gasteiger partial charge in [0.15, 0.2) is 0 Å². The molecule has 0 fully saturated rings. The molecular formula is C17H27NS. The molecule has 2 heteroatoms. The summed E-state index contributed by atoms with van der Waals surface area (Å²) in [5.74, 6) is 1.51. The Labute approximate surface area is 122 Å². The number of rotatable bonds is 6. The molecule has 1 aliphatic heterocycles. The van der Waals surface area contributed by atoms with Crippen LogP contribution in [0.15, 0.2) is 29.2 Å². The lowest BCUT2D eigenvalue weighted by Gasteiger charge is -2.28. The molecule has 0 spiro atoms. The maximum absolute atomic E-state index is 2.67. The molecule has 1 aromatic carbocycles. The van der Waals surface area contributed by atoms with Gasteiger partial charge in [-0.25, -0.2) is 0 Å². The molecule has 2 rings (SSSR count). The summed E-state index contributed by atoms with van der Waals surface area (Å²) < 4.78 is 0. The second-order valence-electron chi connectivity index (χ2n) is 6.56. The maximum Gasteiger partial charge on any atom is 0.0263 e. The summed E-state index contributed by atoms with van der Waals surface area (Å²) >= 11 is 2.08. The Bertz CT molecular complexity index is 365. The number of benzene rings is 1. The van der Waals surface area contributed by atoms with Gasteiger partial charge in [0.25, 0.3) is 0 Å². The van der Waals surface area contributed by atoms with Crippen LogP contribution in [-0.2, 0) is 6.42 Å². The molecule has 106 valence electrons. The van der Waals surface area contributed by atoms with E-state index < -0.39 is 0 Å². The first-order valence-electron chi connectivity index (χ1n) is 7.51. The van der Waals surface area contributed by atoms with E-state index in [-0.39, 0.29) is 0 Å². The summed E-state index contributed by atoms with van der Waals surface area (Å²) in [4.78, 5) is 4.17. The Kier molecular flexibility index (Phi) is 5.35. The first-order valence-corrected chi connectivity index (χ1v) is 8.39. The van der Waals surface area contributed by atoms with Gasteiger partial charge in [-0.1, -0.05) is 45.9 Å². The van der Waals surface area contributed by atoms with E-state index in [1.165, 1.54) is 31.0 Å². The number of hydrogen-bond acceptors (Lipinski definition) is 2. The molecule has 0 aromatic heterocycles. The van der Waals surface area contributed by atoms with E-state index in [1.54, 1.807) is 5.56 Å². The number of hydrogen-bond donors (Lipinski definition) is 0. The summed E-state index contributed by atoms with van der Waals surface area (Å²) in [7, 11) is 0. The number of thioether (sulfide) groups is 1. The fraction of sp³-hybridized carbons (Fsp3) is 0.647. The summed E-state index contributed by atoms with van der Waals surface area (Å²) in [6.07, 6.45) is 1.24. The molecule has 1 heterocycles. The van der Waals surface area contributed by atoms with Crippen molar-refractivity contribution in [1.29, 1.82) is 0 Å². The highest BCUT2D eigenvalue weighted by atomic mass is 32.2. The third kappa shape index (κ3) is 4.54. The van der Waals surface area contributed by atoms with Crippen LogP contribution in [0, 0.1) is 11.8 Å². The second kappa shape index (κ2) is 6.81. The Morgan fingerprint density at radius 3 is 2.32 bits per heavy atom. The lowest BCUT2D eigenvalue weighted by atomic mass is 10.1. The van der Waals surface area contributed by atoms with Crippen LogP contribution in [-0.4, -0.2) is 29.8 Å². The lowest BCUT2D eigenvalue weighted by Crippen LogP contribution is -2.36. The van der Waals surface area contributed by atoms with E-state index in [0.717, 1.165) is 17.1 Å². The first kappa shape index (κ1) is 14.9. The van der Waals surface area contributed by atoms with Gasteiger partial charge in [0, 0.05) is 29.8 Å². The van der Waals surface area contributed by atoms with Crippen molar-refractivity contribution in [3.63, 3.8) is 0 Å². The van der Waals surface area contributed by atoms with Gasteiger partial charge in [0.1, 0.15) is 0 Å². The molecule has 1 atom stereocenters. The van der Waals surface area contributed by atoms with Crippen molar-refractivity contribution >= 4 is 11.8 Å². The highest BCUT2D eigenvalue weighted by molar-refractivity contribution is 8.00. The zero-order valence-corrected chi connectivity index (χ0v) is 13.5. The highest BCUT2D eigenvalue weighted by Crippen LogP contribution is 2.37. The molecule has 1 nitrogen and oxygen atoms in total. The van der Waals surface area contributed by atoms with Gasteiger partial charge in [-0.2, -0.15) is 0 Å². The quantitative estimate of drug-likeness (QED) is 0.762. The zero-order valence-electron chi connectivity index (χ0n) is 12.7. The van der Waals surface area contributed by atoms with Crippen LogP contribution in [0.3, 0.4) is 0 Å². The Morgan fingerprint density at radius 2 is 1.74 bits per heavy atom. The van der Waals surface area contributed by atoms with Gasteiger partial charge in [-0.3, -0.25) is 0 Å². The van der Waals surface area contributed by atoms with E-state index in [9.17, 15) is 0 Å². The molecule has 0 amide bonds. The van der Waals surface area contributed by atoms with Crippen LogP contribution < -0.4 is 0 Å². The number of nitrogens with zero attached hydrogens (tertiary/aromatic N) is 1. The van der Waals surface area contributed by atoms with Crippen molar-refractivity contribution in [3.05, 3.63) is 29.8 Å². The van der Waals surface area contributed by atoms with Crippen LogP contribution in [0.5, 0.6) is 0 Å². The Balaban J connectivity index is 1.92. The molecule has 1 aliphatic rings. The van der Waals surface area contributed by atoms with Crippen molar-refractivity contribution < 1.29 is 0 Å². The Morgan fingerprint density at radius 1 is 1.11 bits per heavy atom. The molecule has 0 aliphatic carbocycles. The predicted molar refractivity (Wildman–Crippen MR) is 85.9 cm³/mol. The standard InChI is InChI=1S/C17H27NS/c1-13(2)10-18(11-14(3)4)12-16-9-15-7-5-6-8-17(15)19-16/h5-8,13-14,16H,9-12H2,1-4H3. The van der Waals surface area contributed by atoms with Gasteiger partial charge in [-0.05, 0) is 29.9 Å². The summed E-state index contributed by atoms with van der Waals surface area (Å²) in [5.41, 5.74) is 1.55. The fourth-order valence-corrected chi connectivity index (χ4v) is 4.27. The van der Waals surface area contributed by atoms with Crippen LogP contribution in [0.25, 0.3) is 0 Å². The van der Waals surface area contributed by atoms with Gasteiger partial charge in [0.05, 0.1) is 0 Å². The lowest BCUT2D eigenvalue weighted by molar-refractivity contribution is 0.220. The van der Waals surface area contributed by atoms with Crippen LogP contribution in [0.2, 0.25) is 0 Å². The largest absolute Gasteiger partial charge is 0.302 e. The zero-order chi connectivity index (χ0) is 13.8. The third-order valence-electron chi connectivity index (χ3n) is 3.42. The normalized spacial score (nSPS) is 18.6. The minimum absolute atomic E-state index is 0.745. The van der Waals surface area contributed by atoms with E-state index in [4.69, 9.17) is 0 Å². The molecule has 1 aromatic rings. The second-order valence-corrected chi connectivity index (χ2v) is 7.90. The Hall–Kier alpha value is -0.470. The van der Waals surface area contributed by atoms with Crippen LogP contribution >= 0.6 is 11.8 Å². The average molecular weight is 277 g/mol. The van der Waals surface area contributed by atoms with Crippen molar-refractivity contribution in [2.24, 2.45) is 11.8 Å². The summed E-state index contributed by atoms with van der Waals surface area (Å²) in [6.45, 7) is 13.0. The first-order chi connectivity index (χ1) is 9.04. The summed E-state index contributed by atoms with van der Waals surface area (Å²) in [5, 5.41) is 0.745. The fourth-order valence-electron chi connectivity index (χ4n) is 2.90. The molecule has 0 radical (unpaired) electrons. The molecule has 19 heavy (non-hydrogen) atoms. The molecule has 0 N–H and O–H groups in total. The van der Waals surface area contributed by atoms with Gasteiger partial charge in [-0.15, -0.1) is 11.8 Å². The van der Waals surface area contributed by atoms with Gasteiger partial charge >= 0.3 is 0 Å². The van der Waals surface area contributed by atoms with Crippen LogP contribution in [0.4, 0.5) is 0 Å². The number of fused-ring (bicyclic) bond motifs is 1. The van der Waals surface area contributed by atoms with Gasteiger partial charge in [0.2, 0.25) is 0 Å². The van der Waals surface area contributed by atoms with E-state index in [1.807, 2.05) is 0 Å². The average Bonchev–Trinajstić information content (AvgIpc) is 2.68. The van der Waals surface area contributed by atoms with Crippen LogP contribution in [0.1, 0.15) is 33.3 Å². The maximum atomic E-state index is 2.67. The van der Waals surface area contributed by atoms with Crippen molar-refractivity contribution in [1.82, 2.24) is 4.90 Å². The third-order valence-corrected chi connectivity index (χ3v) is 4.72. The van der Waals surface area contributed by atoms with E-state index in [0.29, 0.717) is 0 Å². The summed E-state index contributed by atoms with van der Waals surface area (Å²) in [6, 6.07) is 8.89. The van der Waals surface area contributed by atoms with E-state index in [2.05, 4.69) is 68.6 Å². The van der Waals surface area contributed by atoms with E-state index >= 15 is 0 Å². The molecule has 0 bridgehead atoms. The van der Waals surface area contributed by atoms with Crippen molar-refractivity contribution in [2.75, 3.05) is 19.6 Å². The molecular weight excluding hydrogens is 250 g/mol. The minimum Gasteiger partial charge on any atom is -0.302 e. The van der Waals surface area contributed by atoms with Crippen molar-refractivity contribution in [3.8, 4) is 0 Å². The topological polar surface area (TPSA) is 3.24 Å². The molecule has 0 saturated carbocycles. The SMILES string of the molecule is CC(C)CN(CC(C)C)CC1Cc2ccccc2S1.